The number of aromatic nitrogens is 2. The van der Waals surface area contributed by atoms with Gasteiger partial charge in [0.25, 0.3) is 0 Å². The number of nitrogens with zero attached hydrogens (tertiary/aromatic N) is 2. The quantitative estimate of drug-likeness (QED) is 0.456. The molecular formula is C19H24FN5S. The maximum absolute atomic E-state index is 13.3. The van der Waals surface area contributed by atoms with Crippen molar-refractivity contribution >= 4 is 28.2 Å². The van der Waals surface area contributed by atoms with Gasteiger partial charge in [-0.1, -0.05) is 0 Å². The first-order chi connectivity index (χ1) is 12.6. The zero-order chi connectivity index (χ0) is 18.5. The molecule has 0 unspecified atom stereocenters. The SMILES string of the molecule is CCNC(=NCc1sc(C)nc1C)NCCc1c[nH]c2cc(F)ccc12. The van der Waals surface area contributed by atoms with Gasteiger partial charge in [0.1, 0.15) is 5.82 Å². The van der Waals surface area contributed by atoms with E-state index in [1.165, 1.54) is 17.0 Å². The Bertz CT molecular complexity index is 912. The first-order valence-electron chi connectivity index (χ1n) is 8.77. The van der Waals surface area contributed by atoms with Crippen molar-refractivity contribution in [3.05, 3.63) is 51.4 Å². The number of H-pyrrole nitrogens is 1. The summed E-state index contributed by atoms with van der Waals surface area (Å²) in [6.07, 6.45) is 2.77. The predicted molar refractivity (Wildman–Crippen MR) is 106 cm³/mol. The molecule has 2 aromatic heterocycles. The van der Waals surface area contributed by atoms with Crippen LogP contribution in [0.4, 0.5) is 4.39 Å². The molecule has 0 saturated heterocycles. The fraction of sp³-hybridized carbons (Fsp3) is 0.368. The van der Waals surface area contributed by atoms with Gasteiger partial charge in [0.05, 0.1) is 17.2 Å². The van der Waals surface area contributed by atoms with Gasteiger partial charge in [-0.05, 0) is 51.0 Å². The summed E-state index contributed by atoms with van der Waals surface area (Å²) in [4.78, 5) is 13.4. The molecule has 7 heteroatoms. The maximum Gasteiger partial charge on any atom is 0.191 e. The van der Waals surface area contributed by atoms with Gasteiger partial charge in [0.2, 0.25) is 0 Å². The van der Waals surface area contributed by atoms with Crippen LogP contribution in [0.3, 0.4) is 0 Å². The number of hydrogen-bond acceptors (Lipinski definition) is 3. The molecule has 0 amide bonds. The molecule has 1 aromatic carbocycles. The van der Waals surface area contributed by atoms with Crippen molar-refractivity contribution in [1.82, 2.24) is 20.6 Å². The molecular weight excluding hydrogens is 349 g/mol. The molecule has 5 nitrogen and oxygen atoms in total. The Morgan fingerprint density at radius 1 is 1.31 bits per heavy atom. The number of aliphatic imine (C=N–C) groups is 1. The number of rotatable bonds is 6. The number of thiazole rings is 1. The lowest BCUT2D eigenvalue weighted by atomic mass is 10.1. The number of aromatic amines is 1. The molecule has 0 aliphatic heterocycles. The van der Waals surface area contributed by atoms with Crippen LogP contribution in [-0.2, 0) is 13.0 Å². The number of halogens is 1. The van der Waals surface area contributed by atoms with Crippen molar-refractivity contribution in [3.8, 4) is 0 Å². The van der Waals surface area contributed by atoms with E-state index in [2.05, 4.69) is 25.6 Å². The molecule has 3 rings (SSSR count). The maximum atomic E-state index is 13.3. The minimum atomic E-state index is -0.223. The molecule has 3 N–H and O–H groups in total. The molecule has 0 aliphatic carbocycles. The molecule has 2 heterocycles. The van der Waals surface area contributed by atoms with Gasteiger partial charge in [0, 0.05) is 35.1 Å². The Kier molecular flexibility index (Phi) is 5.88. The lowest BCUT2D eigenvalue weighted by Crippen LogP contribution is -2.38. The van der Waals surface area contributed by atoms with E-state index in [-0.39, 0.29) is 5.82 Å². The third kappa shape index (κ3) is 4.40. The van der Waals surface area contributed by atoms with Crippen LogP contribution >= 0.6 is 11.3 Å². The summed E-state index contributed by atoms with van der Waals surface area (Å²) in [6, 6.07) is 4.85. The van der Waals surface area contributed by atoms with Crippen LogP contribution in [0.1, 0.15) is 28.1 Å². The molecule has 0 fully saturated rings. The largest absolute Gasteiger partial charge is 0.361 e. The van der Waals surface area contributed by atoms with Gasteiger partial charge in [-0.2, -0.15) is 0 Å². The van der Waals surface area contributed by atoms with E-state index in [0.717, 1.165) is 52.6 Å². The van der Waals surface area contributed by atoms with E-state index >= 15 is 0 Å². The molecule has 0 aliphatic rings. The average molecular weight is 374 g/mol. The van der Waals surface area contributed by atoms with Crippen molar-refractivity contribution in [2.75, 3.05) is 13.1 Å². The second-order valence-corrected chi connectivity index (χ2v) is 7.40. The van der Waals surface area contributed by atoms with Crippen molar-refractivity contribution in [2.24, 2.45) is 4.99 Å². The molecule has 0 atom stereocenters. The summed E-state index contributed by atoms with van der Waals surface area (Å²) in [7, 11) is 0. The fourth-order valence-electron chi connectivity index (χ4n) is 2.89. The van der Waals surface area contributed by atoms with Crippen LogP contribution in [0.2, 0.25) is 0 Å². The highest BCUT2D eigenvalue weighted by molar-refractivity contribution is 7.11. The minimum Gasteiger partial charge on any atom is -0.361 e. The average Bonchev–Trinajstić information content (AvgIpc) is 3.14. The first-order valence-corrected chi connectivity index (χ1v) is 9.59. The first kappa shape index (κ1) is 18.4. The van der Waals surface area contributed by atoms with E-state index in [1.54, 1.807) is 11.3 Å². The summed E-state index contributed by atoms with van der Waals surface area (Å²) in [5.41, 5.74) is 3.05. The second-order valence-electron chi connectivity index (χ2n) is 6.12. The Morgan fingerprint density at radius 2 is 2.15 bits per heavy atom. The number of aryl methyl sites for hydroxylation is 2. The van der Waals surface area contributed by atoms with E-state index in [0.29, 0.717) is 6.54 Å². The van der Waals surface area contributed by atoms with Crippen molar-refractivity contribution < 1.29 is 4.39 Å². The normalized spacial score (nSPS) is 11.9. The zero-order valence-electron chi connectivity index (χ0n) is 15.3. The molecule has 0 saturated carbocycles. The van der Waals surface area contributed by atoms with E-state index < -0.39 is 0 Å². The minimum absolute atomic E-state index is 0.223. The summed E-state index contributed by atoms with van der Waals surface area (Å²) in [6.45, 7) is 8.26. The highest BCUT2D eigenvalue weighted by atomic mass is 32.1. The Balaban J connectivity index is 1.61. The van der Waals surface area contributed by atoms with Crippen LogP contribution in [0.15, 0.2) is 29.4 Å². The van der Waals surface area contributed by atoms with Crippen LogP contribution in [0, 0.1) is 19.7 Å². The van der Waals surface area contributed by atoms with E-state index in [4.69, 9.17) is 0 Å². The van der Waals surface area contributed by atoms with Crippen LogP contribution in [0.25, 0.3) is 10.9 Å². The lowest BCUT2D eigenvalue weighted by Gasteiger charge is -2.11. The number of nitrogens with one attached hydrogen (secondary N) is 3. The number of guanidine groups is 1. The fourth-order valence-corrected chi connectivity index (χ4v) is 3.76. The second kappa shape index (κ2) is 8.31. The van der Waals surface area contributed by atoms with Gasteiger partial charge in [-0.15, -0.1) is 11.3 Å². The van der Waals surface area contributed by atoms with E-state index in [9.17, 15) is 4.39 Å². The highest BCUT2D eigenvalue weighted by Crippen LogP contribution is 2.19. The summed E-state index contributed by atoms with van der Waals surface area (Å²) < 4.78 is 13.3. The predicted octanol–water partition coefficient (Wildman–Crippen LogP) is 3.68. The molecule has 3 aromatic rings. The van der Waals surface area contributed by atoms with Crippen LogP contribution in [0.5, 0.6) is 0 Å². The number of hydrogen-bond donors (Lipinski definition) is 3. The van der Waals surface area contributed by atoms with Gasteiger partial charge in [0.15, 0.2) is 5.96 Å². The van der Waals surface area contributed by atoms with Gasteiger partial charge < -0.3 is 15.6 Å². The molecule has 26 heavy (non-hydrogen) atoms. The third-order valence-electron chi connectivity index (χ3n) is 4.14. The van der Waals surface area contributed by atoms with Crippen LogP contribution < -0.4 is 10.6 Å². The van der Waals surface area contributed by atoms with E-state index in [1.807, 2.05) is 33.0 Å². The topological polar surface area (TPSA) is 65.1 Å². The Labute approximate surface area is 156 Å². The Morgan fingerprint density at radius 3 is 2.88 bits per heavy atom. The van der Waals surface area contributed by atoms with Gasteiger partial charge >= 0.3 is 0 Å². The van der Waals surface area contributed by atoms with Crippen molar-refractivity contribution in [1.29, 1.82) is 0 Å². The number of fused-ring (bicyclic) bond motifs is 1. The summed E-state index contributed by atoms with van der Waals surface area (Å²) in [5.74, 6) is 0.572. The summed E-state index contributed by atoms with van der Waals surface area (Å²) >= 11 is 1.69. The monoisotopic (exact) mass is 373 g/mol. The standard InChI is InChI=1S/C19H24FN5S/c1-4-21-19(24-11-18-12(2)25-13(3)26-18)22-8-7-14-10-23-17-9-15(20)5-6-16(14)17/h5-6,9-10,23H,4,7-8,11H2,1-3H3,(H2,21,22,24). The Hall–Kier alpha value is -2.41. The number of benzene rings is 1. The van der Waals surface area contributed by atoms with Gasteiger partial charge in [-0.3, -0.25) is 0 Å². The molecule has 138 valence electrons. The molecule has 0 spiro atoms. The van der Waals surface area contributed by atoms with Crippen molar-refractivity contribution in [2.45, 2.75) is 33.7 Å². The smallest absolute Gasteiger partial charge is 0.191 e. The van der Waals surface area contributed by atoms with Crippen molar-refractivity contribution in [3.63, 3.8) is 0 Å². The van der Waals surface area contributed by atoms with Crippen LogP contribution in [-0.4, -0.2) is 29.0 Å². The highest BCUT2D eigenvalue weighted by Gasteiger charge is 2.07. The third-order valence-corrected chi connectivity index (χ3v) is 5.20. The molecule has 0 bridgehead atoms. The van der Waals surface area contributed by atoms with Gasteiger partial charge in [-0.25, -0.2) is 14.4 Å². The lowest BCUT2D eigenvalue weighted by molar-refractivity contribution is 0.629. The zero-order valence-corrected chi connectivity index (χ0v) is 16.1. The molecule has 0 radical (unpaired) electrons. The summed E-state index contributed by atoms with van der Waals surface area (Å²) in [5, 5.41) is 8.77.